The number of thioether (sulfide) groups is 1. The number of aliphatic hydroxyl groups is 1. The first-order valence-corrected chi connectivity index (χ1v) is 5.74. The number of hydrogen-bond donors (Lipinski definition) is 2. The molecule has 0 aliphatic rings. The first-order valence-electron chi connectivity index (χ1n) is 4.59. The lowest BCUT2D eigenvalue weighted by Gasteiger charge is -1.98. The Labute approximate surface area is 94.1 Å². The van der Waals surface area contributed by atoms with E-state index in [1.165, 1.54) is 5.56 Å². The lowest BCUT2D eigenvalue weighted by atomic mass is 10.2. The van der Waals surface area contributed by atoms with Crippen molar-refractivity contribution in [3.05, 3.63) is 35.9 Å². The molecule has 4 heteroatoms. The minimum absolute atomic E-state index is 0.275. The number of hydrogen-bond acceptors (Lipinski definition) is 3. The molecule has 3 nitrogen and oxygen atoms in total. The molecule has 0 amide bonds. The predicted molar refractivity (Wildman–Crippen MR) is 63.0 cm³/mol. The van der Waals surface area contributed by atoms with Crippen LogP contribution in [0.1, 0.15) is 12.5 Å². The SMILES string of the molecule is CC(=O)O.OCCSCc1ccccc1. The second-order valence-corrected chi connectivity index (χ2v) is 3.89. The van der Waals surface area contributed by atoms with Gasteiger partial charge in [0.1, 0.15) is 0 Å². The Bertz CT molecular complexity index is 258. The molecule has 0 aliphatic heterocycles. The second-order valence-electron chi connectivity index (χ2n) is 2.78. The van der Waals surface area contributed by atoms with Gasteiger partial charge in [0.25, 0.3) is 5.97 Å². The average Bonchev–Trinajstić information content (AvgIpc) is 2.19. The van der Waals surface area contributed by atoms with Crippen LogP contribution < -0.4 is 0 Å². The van der Waals surface area contributed by atoms with Crippen molar-refractivity contribution < 1.29 is 15.0 Å². The standard InChI is InChI=1S/C9H12OS.C2H4O2/c10-6-7-11-8-9-4-2-1-3-5-9;1-2(3)4/h1-5,10H,6-8H2;1H3,(H,3,4). The fourth-order valence-electron chi connectivity index (χ4n) is 0.829. The van der Waals surface area contributed by atoms with Gasteiger partial charge in [0.05, 0.1) is 6.61 Å². The van der Waals surface area contributed by atoms with E-state index in [0.717, 1.165) is 18.4 Å². The number of aliphatic hydroxyl groups excluding tert-OH is 1. The Morgan fingerprint density at radius 1 is 1.33 bits per heavy atom. The Balaban J connectivity index is 0.000000423. The summed E-state index contributed by atoms with van der Waals surface area (Å²) >= 11 is 1.76. The zero-order valence-electron chi connectivity index (χ0n) is 8.72. The summed E-state index contributed by atoms with van der Waals surface area (Å²) in [5.74, 6) is 0.996. The van der Waals surface area contributed by atoms with E-state index in [1.807, 2.05) is 18.2 Å². The lowest BCUT2D eigenvalue weighted by molar-refractivity contribution is -0.134. The van der Waals surface area contributed by atoms with Crippen molar-refractivity contribution >= 4 is 17.7 Å². The Morgan fingerprint density at radius 3 is 2.33 bits per heavy atom. The fraction of sp³-hybridized carbons (Fsp3) is 0.364. The molecule has 15 heavy (non-hydrogen) atoms. The van der Waals surface area contributed by atoms with Gasteiger partial charge in [-0.2, -0.15) is 11.8 Å². The highest BCUT2D eigenvalue weighted by Gasteiger charge is 1.89. The number of rotatable bonds is 4. The molecular formula is C11H16O3S. The zero-order chi connectivity index (χ0) is 11.5. The van der Waals surface area contributed by atoms with Crippen molar-refractivity contribution in [1.29, 1.82) is 0 Å². The van der Waals surface area contributed by atoms with Gasteiger partial charge in [0.2, 0.25) is 0 Å². The summed E-state index contributed by atoms with van der Waals surface area (Å²) in [7, 11) is 0. The molecule has 0 saturated heterocycles. The Hall–Kier alpha value is -1.00. The summed E-state index contributed by atoms with van der Waals surface area (Å²) in [6.45, 7) is 1.36. The Kier molecular flexibility index (Phi) is 8.91. The molecule has 1 aromatic carbocycles. The van der Waals surface area contributed by atoms with Gasteiger partial charge in [-0.1, -0.05) is 30.3 Å². The summed E-state index contributed by atoms with van der Waals surface area (Å²) < 4.78 is 0. The first-order chi connectivity index (χ1) is 7.16. The zero-order valence-corrected chi connectivity index (χ0v) is 9.54. The van der Waals surface area contributed by atoms with E-state index in [-0.39, 0.29) is 6.61 Å². The van der Waals surface area contributed by atoms with Gasteiger partial charge in [-0.3, -0.25) is 4.79 Å². The van der Waals surface area contributed by atoms with Crippen molar-refractivity contribution in [1.82, 2.24) is 0 Å². The maximum Gasteiger partial charge on any atom is 0.300 e. The van der Waals surface area contributed by atoms with Crippen LogP contribution in [-0.2, 0) is 10.5 Å². The third-order valence-electron chi connectivity index (χ3n) is 1.35. The van der Waals surface area contributed by atoms with Crippen LogP contribution >= 0.6 is 11.8 Å². The van der Waals surface area contributed by atoms with Crippen LogP contribution in [0.15, 0.2) is 30.3 Å². The van der Waals surface area contributed by atoms with Gasteiger partial charge in [0, 0.05) is 18.4 Å². The summed E-state index contributed by atoms with van der Waals surface area (Å²) in [4.78, 5) is 9.00. The van der Waals surface area contributed by atoms with Gasteiger partial charge in [-0.05, 0) is 5.56 Å². The van der Waals surface area contributed by atoms with Crippen LogP contribution in [0.25, 0.3) is 0 Å². The third kappa shape index (κ3) is 10.9. The van der Waals surface area contributed by atoms with Crippen LogP contribution in [0.4, 0.5) is 0 Å². The third-order valence-corrected chi connectivity index (χ3v) is 2.36. The second kappa shape index (κ2) is 9.55. The van der Waals surface area contributed by atoms with E-state index in [2.05, 4.69) is 12.1 Å². The van der Waals surface area contributed by atoms with Gasteiger partial charge < -0.3 is 10.2 Å². The molecule has 0 unspecified atom stereocenters. The van der Waals surface area contributed by atoms with E-state index in [0.29, 0.717) is 0 Å². The number of aliphatic carboxylic acids is 1. The van der Waals surface area contributed by atoms with Crippen LogP contribution in [0.2, 0.25) is 0 Å². The molecule has 84 valence electrons. The Morgan fingerprint density at radius 2 is 1.87 bits per heavy atom. The monoisotopic (exact) mass is 228 g/mol. The minimum atomic E-state index is -0.833. The molecule has 0 fully saturated rings. The topological polar surface area (TPSA) is 57.5 Å². The van der Waals surface area contributed by atoms with Crippen LogP contribution in [0, 0.1) is 0 Å². The molecule has 1 aromatic rings. The predicted octanol–water partition coefficient (Wildman–Crippen LogP) is 2.00. The molecule has 0 aromatic heterocycles. The van der Waals surface area contributed by atoms with Crippen molar-refractivity contribution in [3.63, 3.8) is 0 Å². The molecule has 2 N–H and O–H groups in total. The number of carbonyl (C=O) groups is 1. The minimum Gasteiger partial charge on any atom is -0.481 e. The molecule has 0 heterocycles. The summed E-state index contributed by atoms with van der Waals surface area (Å²) in [6, 6.07) is 10.3. The summed E-state index contributed by atoms with van der Waals surface area (Å²) in [5, 5.41) is 15.9. The normalized spacial score (nSPS) is 8.93. The van der Waals surface area contributed by atoms with Crippen molar-refractivity contribution in [2.24, 2.45) is 0 Å². The maximum absolute atomic E-state index is 9.00. The first kappa shape index (κ1) is 14.0. The molecule has 1 rings (SSSR count). The lowest BCUT2D eigenvalue weighted by Crippen LogP contribution is -1.87. The summed E-state index contributed by atoms with van der Waals surface area (Å²) in [5.41, 5.74) is 1.32. The highest BCUT2D eigenvalue weighted by Crippen LogP contribution is 2.10. The van der Waals surface area contributed by atoms with E-state index in [4.69, 9.17) is 15.0 Å². The smallest absolute Gasteiger partial charge is 0.300 e. The van der Waals surface area contributed by atoms with Crippen molar-refractivity contribution in [3.8, 4) is 0 Å². The largest absolute Gasteiger partial charge is 0.481 e. The van der Waals surface area contributed by atoms with E-state index in [1.54, 1.807) is 11.8 Å². The van der Waals surface area contributed by atoms with Crippen LogP contribution in [0.3, 0.4) is 0 Å². The quantitative estimate of drug-likeness (QED) is 0.774. The average molecular weight is 228 g/mol. The van der Waals surface area contributed by atoms with Gasteiger partial charge in [-0.25, -0.2) is 0 Å². The van der Waals surface area contributed by atoms with Gasteiger partial charge in [0.15, 0.2) is 0 Å². The van der Waals surface area contributed by atoms with Crippen molar-refractivity contribution in [2.45, 2.75) is 12.7 Å². The number of benzene rings is 1. The molecule has 0 saturated carbocycles. The molecule has 0 spiro atoms. The highest BCUT2D eigenvalue weighted by molar-refractivity contribution is 7.98. The van der Waals surface area contributed by atoms with E-state index in [9.17, 15) is 0 Å². The molecule has 0 bridgehead atoms. The molecule has 0 radical (unpaired) electrons. The van der Waals surface area contributed by atoms with Crippen LogP contribution in [0.5, 0.6) is 0 Å². The van der Waals surface area contributed by atoms with E-state index >= 15 is 0 Å². The molecule has 0 atom stereocenters. The number of carboxylic acid groups (broad SMARTS) is 1. The van der Waals surface area contributed by atoms with Crippen molar-refractivity contribution in [2.75, 3.05) is 12.4 Å². The molecular weight excluding hydrogens is 212 g/mol. The maximum atomic E-state index is 9.00. The van der Waals surface area contributed by atoms with Crippen LogP contribution in [-0.4, -0.2) is 28.5 Å². The van der Waals surface area contributed by atoms with Gasteiger partial charge in [-0.15, -0.1) is 0 Å². The van der Waals surface area contributed by atoms with Gasteiger partial charge >= 0.3 is 0 Å². The molecule has 0 aliphatic carbocycles. The highest BCUT2D eigenvalue weighted by atomic mass is 32.2. The summed E-state index contributed by atoms with van der Waals surface area (Å²) in [6.07, 6.45) is 0. The number of carboxylic acids is 1. The van der Waals surface area contributed by atoms with E-state index < -0.39 is 5.97 Å². The fourth-order valence-corrected chi connectivity index (χ4v) is 1.53.